The minimum absolute atomic E-state index is 0.153. The molecule has 126 valence electrons. The van der Waals surface area contributed by atoms with Crippen molar-refractivity contribution in [2.45, 2.75) is 57.9 Å². The van der Waals surface area contributed by atoms with Crippen LogP contribution in [0.4, 0.5) is 5.69 Å². The van der Waals surface area contributed by atoms with E-state index < -0.39 is 0 Å². The highest BCUT2D eigenvalue weighted by Gasteiger charge is 2.41. The number of fused-ring (bicyclic) bond motifs is 2. The number of hydrogen-bond donors (Lipinski definition) is 1. The fraction of sp³-hybridized carbons (Fsp3) is 0.650. The average molecular weight is 314 g/mol. The molecule has 3 rings (SSSR count). The monoisotopic (exact) mass is 314 g/mol. The summed E-state index contributed by atoms with van der Waals surface area (Å²) in [5.74, 6) is 2.04. The summed E-state index contributed by atoms with van der Waals surface area (Å²) in [6, 6.07) is 8.74. The van der Waals surface area contributed by atoms with E-state index in [0.29, 0.717) is 23.8 Å². The smallest absolute Gasteiger partial charge is 0.229 e. The molecular formula is C20H30N2O. The van der Waals surface area contributed by atoms with Gasteiger partial charge in [0.2, 0.25) is 5.91 Å². The number of carbonyl (C=O) groups excluding carboxylic acids is 1. The molecule has 23 heavy (non-hydrogen) atoms. The Bertz CT molecular complexity index is 537. The Balaban J connectivity index is 1.70. The molecule has 3 heteroatoms. The van der Waals surface area contributed by atoms with Crippen LogP contribution >= 0.6 is 0 Å². The van der Waals surface area contributed by atoms with Gasteiger partial charge in [0, 0.05) is 24.7 Å². The number of nitrogens with two attached hydrogens (primary N) is 1. The lowest BCUT2D eigenvalue weighted by Gasteiger charge is -2.44. The number of benzene rings is 1. The molecule has 2 atom stereocenters. The predicted octanol–water partition coefficient (Wildman–Crippen LogP) is 3.93. The summed E-state index contributed by atoms with van der Waals surface area (Å²) >= 11 is 0. The van der Waals surface area contributed by atoms with Gasteiger partial charge in [-0.25, -0.2) is 0 Å². The molecule has 0 saturated heterocycles. The van der Waals surface area contributed by atoms with Crippen LogP contribution in [0.2, 0.25) is 0 Å². The van der Waals surface area contributed by atoms with Gasteiger partial charge in [-0.15, -0.1) is 0 Å². The van der Waals surface area contributed by atoms with Crippen molar-refractivity contribution in [3.63, 3.8) is 0 Å². The molecule has 2 unspecified atom stereocenters. The Labute approximate surface area is 140 Å². The fourth-order valence-corrected chi connectivity index (χ4v) is 4.47. The Morgan fingerprint density at radius 1 is 1.13 bits per heavy atom. The van der Waals surface area contributed by atoms with E-state index in [0.717, 1.165) is 18.5 Å². The number of rotatable bonds is 3. The SMILES string of the molecule is CC(C)c1ccc(N(C)C(=O)C2CC3CCCC(C2)C3N)cc1. The van der Waals surface area contributed by atoms with E-state index in [1.165, 1.54) is 24.8 Å². The van der Waals surface area contributed by atoms with Crippen molar-refractivity contribution in [2.75, 3.05) is 11.9 Å². The van der Waals surface area contributed by atoms with Gasteiger partial charge in [-0.1, -0.05) is 32.4 Å². The topological polar surface area (TPSA) is 46.3 Å². The largest absolute Gasteiger partial charge is 0.327 e. The van der Waals surface area contributed by atoms with Crippen molar-refractivity contribution < 1.29 is 4.79 Å². The normalized spacial score (nSPS) is 30.3. The molecule has 0 spiro atoms. The fourth-order valence-electron chi connectivity index (χ4n) is 4.47. The Kier molecular flexibility index (Phi) is 4.77. The van der Waals surface area contributed by atoms with Crippen LogP contribution in [0.25, 0.3) is 0 Å². The second kappa shape index (κ2) is 6.64. The van der Waals surface area contributed by atoms with Crippen LogP contribution in [-0.4, -0.2) is 19.0 Å². The van der Waals surface area contributed by atoms with Crippen LogP contribution in [0.1, 0.15) is 57.4 Å². The standard InChI is InChI=1S/C20H30N2O/c1-13(2)14-7-9-18(10-8-14)22(3)20(23)17-11-15-5-4-6-16(12-17)19(15)21/h7-10,13,15-17,19H,4-6,11-12,21H2,1-3H3. The van der Waals surface area contributed by atoms with Gasteiger partial charge in [-0.2, -0.15) is 0 Å². The molecule has 2 saturated carbocycles. The molecule has 2 N–H and O–H groups in total. The summed E-state index contributed by atoms with van der Waals surface area (Å²) in [6.07, 6.45) is 5.65. The summed E-state index contributed by atoms with van der Waals surface area (Å²) in [5.41, 5.74) is 8.67. The van der Waals surface area contributed by atoms with Crippen molar-refractivity contribution in [1.82, 2.24) is 0 Å². The van der Waals surface area contributed by atoms with Gasteiger partial charge in [0.15, 0.2) is 0 Å². The van der Waals surface area contributed by atoms with E-state index >= 15 is 0 Å². The maximum atomic E-state index is 12.9. The van der Waals surface area contributed by atoms with Crippen LogP contribution in [0.15, 0.2) is 24.3 Å². The summed E-state index contributed by atoms with van der Waals surface area (Å²) in [4.78, 5) is 14.8. The second-order valence-corrected chi connectivity index (χ2v) is 7.84. The van der Waals surface area contributed by atoms with Crippen molar-refractivity contribution >= 4 is 11.6 Å². The van der Waals surface area contributed by atoms with Crippen LogP contribution in [0.3, 0.4) is 0 Å². The highest BCUT2D eigenvalue weighted by Crippen LogP contribution is 2.42. The third-order valence-electron chi connectivity index (χ3n) is 6.04. The molecule has 0 radical (unpaired) electrons. The van der Waals surface area contributed by atoms with E-state index in [-0.39, 0.29) is 11.8 Å². The minimum Gasteiger partial charge on any atom is -0.327 e. The molecule has 1 aromatic rings. The van der Waals surface area contributed by atoms with Crippen LogP contribution in [0, 0.1) is 17.8 Å². The van der Waals surface area contributed by atoms with E-state index in [1.54, 1.807) is 0 Å². The zero-order valence-electron chi connectivity index (χ0n) is 14.7. The van der Waals surface area contributed by atoms with E-state index in [9.17, 15) is 4.79 Å². The molecule has 1 aromatic carbocycles. The lowest BCUT2D eigenvalue weighted by atomic mass is 9.65. The molecule has 0 heterocycles. The van der Waals surface area contributed by atoms with Gasteiger partial charge in [-0.3, -0.25) is 4.79 Å². The Hall–Kier alpha value is -1.35. The molecular weight excluding hydrogens is 284 g/mol. The number of hydrogen-bond acceptors (Lipinski definition) is 2. The van der Waals surface area contributed by atoms with Gasteiger partial charge in [0.25, 0.3) is 0 Å². The average Bonchev–Trinajstić information content (AvgIpc) is 2.53. The predicted molar refractivity (Wildman–Crippen MR) is 95.5 cm³/mol. The summed E-state index contributed by atoms with van der Waals surface area (Å²) in [6.45, 7) is 4.38. The van der Waals surface area contributed by atoms with Crippen molar-refractivity contribution in [3.05, 3.63) is 29.8 Å². The summed E-state index contributed by atoms with van der Waals surface area (Å²) in [7, 11) is 1.91. The molecule has 0 aromatic heterocycles. The molecule has 2 aliphatic rings. The summed E-state index contributed by atoms with van der Waals surface area (Å²) in [5, 5.41) is 0. The lowest BCUT2D eigenvalue weighted by Crippen LogP contribution is -2.49. The molecule has 2 fully saturated rings. The van der Waals surface area contributed by atoms with Gasteiger partial charge in [0.05, 0.1) is 0 Å². The van der Waals surface area contributed by atoms with Gasteiger partial charge in [-0.05, 0) is 61.1 Å². The first kappa shape index (κ1) is 16.5. The molecule has 2 bridgehead atoms. The zero-order valence-corrected chi connectivity index (χ0v) is 14.7. The lowest BCUT2D eigenvalue weighted by molar-refractivity contribution is -0.124. The quantitative estimate of drug-likeness (QED) is 0.919. The zero-order chi connectivity index (χ0) is 16.6. The molecule has 2 aliphatic carbocycles. The van der Waals surface area contributed by atoms with E-state index in [1.807, 2.05) is 11.9 Å². The number of anilines is 1. The highest BCUT2D eigenvalue weighted by molar-refractivity contribution is 5.94. The first-order valence-electron chi connectivity index (χ1n) is 9.10. The third kappa shape index (κ3) is 3.30. The maximum Gasteiger partial charge on any atom is 0.229 e. The van der Waals surface area contributed by atoms with E-state index in [2.05, 4.69) is 38.1 Å². The number of carbonyl (C=O) groups is 1. The molecule has 0 aliphatic heterocycles. The Morgan fingerprint density at radius 2 is 1.70 bits per heavy atom. The van der Waals surface area contributed by atoms with E-state index in [4.69, 9.17) is 5.73 Å². The molecule has 1 amide bonds. The number of amides is 1. The van der Waals surface area contributed by atoms with Gasteiger partial charge >= 0.3 is 0 Å². The van der Waals surface area contributed by atoms with Gasteiger partial charge in [0.1, 0.15) is 0 Å². The maximum absolute atomic E-state index is 12.9. The summed E-state index contributed by atoms with van der Waals surface area (Å²) < 4.78 is 0. The number of nitrogens with zero attached hydrogens (tertiary/aromatic N) is 1. The Morgan fingerprint density at radius 3 is 2.22 bits per heavy atom. The van der Waals surface area contributed by atoms with Crippen molar-refractivity contribution in [3.8, 4) is 0 Å². The van der Waals surface area contributed by atoms with Crippen molar-refractivity contribution in [2.24, 2.45) is 23.5 Å². The first-order chi connectivity index (χ1) is 11.0. The van der Waals surface area contributed by atoms with Crippen LogP contribution in [0.5, 0.6) is 0 Å². The highest BCUT2D eigenvalue weighted by atomic mass is 16.2. The van der Waals surface area contributed by atoms with Gasteiger partial charge < -0.3 is 10.6 Å². The second-order valence-electron chi connectivity index (χ2n) is 7.84. The molecule has 3 nitrogen and oxygen atoms in total. The van der Waals surface area contributed by atoms with Crippen LogP contribution < -0.4 is 10.6 Å². The van der Waals surface area contributed by atoms with Crippen molar-refractivity contribution in [1.29, 1.82) is 0 Å². The van der Waals surface area contributed by atoms with Crippen LogP contribution in [-0.2, 0) is 4.79 Å². The minimum atomic E-state index is 0.153. The third-order valence-corrected chi connectivity index (χ3v) is 6.04. The first-order valence-corrected chi connectivity index (χ1v) is 9.10.